The van der Waals surface area contributed by atoms with Crippen molar-refractivity contribution in [2.75, 3.05) is 0 Å². The molecule has 0 amide bonds. The van der Waals surface area contributed by atoms with Gasteiger partial charge in [-0.2, -0.15) is 0 Å². The van der Waals surface area contributed by atoms with Gasteiger partial charge in [0.1, 0.15) is 10.6 Å². The third-order valence-corrected chi connectivity index (χ3v) is 13.4. The van der Waals surface area contributed by atoms with Crippen LogP contribution >= 0.6 is 34.8 Å². The minimum absolute atomic E-state index is 0.0647. The van der Waals surface area contributed by atoms with E-state index >= 15 is 0 Å². The Balaban J connectivity index is 1.56. The molecule has 0 heterocycles. The predicted molar refractivity (Wildman–Crippen MR) is 166 cm³/mol. The van der Waals surface area contributed by atoms with Crippen LogP contribution in [-0.4, -0.2) is 12.1 Å². The topological polar surface area (TPSA) is 26.3 Å². The van der Waals surface area contributed by atoms with Gasteiger partial charge in [0.15, 0.2) is 0 Å². The van der Waals surface area contributed by atoms with Crippen LogP contribution < -0.4 is 0 Å². The average molecular weight is 598 g/mol. The summed E-state index contributed by atoms with van der Waals surface area (Å²) in [5.41, 5.74) is 5.79. The van der Waals surface area contributed by atoms with Crippen LogP contribution in [0.2, 0.25) is 0 Å². The SMILES string of the molecule is CC(C)=CCC[C@@H](C)[C@H]1CC[C@@]2(C)C3=C(CC[C@]12C)[C@@]1(C)CC[C@H](OC(=O)CC(Cl)=C(Cl)Cl)C(C)(C)[C@@H]1CC3. The van der Waals surface area contributed by atoms with Crippen molar-refractivity contribution in [2.45, 2.75) is 132 Å². The lowest BCUT2D eigenvalue weighted by Crippen LogP contribution is -2.55. The lowest BCUT2D eigenvalue weighted by atomic mass is 9.43. The van der Waals surface area contributed by atoms with Crippen LogP contribution in [0.4, 0.5) is 0 Å². The van der Waals surface area contributed by atoms with E-state index in [0.29, 0.717) is 16.7 Å². The van der Waals surface area contributed by atoms with Gasteiger partial charge in [0.2, 0.25) is 0 Å². The average Bonchev–Trinajstić information content (AvgIpc) is 3.12. The normalized spacial score (nSPS) is 37.8. The van der Waals surface area contributed by atoms with E-state index in [1.54, 1.807) is 5.57 Å². The first-order chi connectivity index (χ1) is 18.1. The van der Waals surface area contributed by atoms with Crippen molar-refractivity contribution in [2.24, 2.45) is 39.4 Å². The Bertz CT molecular complexity index is 1060. The van der Waals surface area contributed by atoms with Gasteiger partial charge in [0.25, 0.3) is 0 Å². The molecular formula is C34H51Cl3O2. The molecule has 4 aliphatic carbocycles. The molecule has 0 aliphatic heterocycles. The highest BCUT2D eigenvalue weighted by Gasteiger charge is 2.63. The lowest BCUT2D eigenvalue weighted by Gasteiger charge is -2.62. The quantitative estimate of drug-likeness (QED) is 0.215. The van der Waals surface area contributed by atoms with Gasteiger partial charge in [-0.05, 0) is 112 Å². The van der Waals surface area contributed by atoms with Gasteiger partial charge < -0.3 is 4.74 Å². The first-order valence-corrected chi connectivity index (χ1v) is 16.5. The summed E-state index contributed by atoms with van der Waals surface area (Å²) in [4.78, 5) is 12.7. The number of hydrogen-bond donors (Lipinski definition) is 0. The number of esters is 1. The van der Waals surface area contributed by atoms with Gasteiger partial charge in [-0.25, -0.2) is 0 Å². The molecule has 220 valence electrons. The van der Waals surface area contributed by atoms with Crippen molar-refractivity contribution < 1.29 is 9.53 Å². The van der Waals surface area contributed by atoms with E-state index in [1.165, 1.54) is 56.9 Å². The molecule has 0 aromatic rings. The highest BCUT2D eigenvalue weighted by molar-refractivity contribution is 6.59. The third-order valence-electron chi connectivity index (χ3n) is 12.4. The van der Waals surface area contributed by atoms with Gasteiger partial charge in [0, 0.05) is 5.41 Å². The highest BCUT2D eigenvalue weighted by atomic mass is 35.5. The molecule has 7 atom stereocenters. The summed E-state index contributed by atoms with van der Waals surface area (Å²) in [5.74, 6) is 1.73. The third kappa shape index (κ3) is 5.43. The maximum Gasteiger partial charge on any atom is 0.311 e. The molecule has 0 bridgehead atoms. The molecule has 0 N–H and O–H groups in total. The Morgan fingerprint density at radius 3 is 2.31 bits per heavy atom. The number of carbonyl (C=O) groups is 1. The summed E-state index contributed by atoms with van der Waals surface area (Å²) in [7, 11) is 0. The maximum atomic E-state index is 12.7. The maximum absolute atomic E-state index is 12.7. The van der Waals surface area contributed by atoms with Crippen molar-refractivity contribution in [3.63, 3.8) is 0 Å². The van der Waals surface area contributed by atoms with Crippen molar-refractivity contribution >= 4 is 40.8 Å². The fraction of sp³-hybridized carbons (Fsp3) is 0.794. The fourth-order valence-electron chi connectivity index (χ4n) is 10.1. The summed E-state index contributed by atoms with van der Waals surface area (Å²) < 4.78 is 5.99. The van der Waals surface area contributed by atoms with E-state index in [4.69, 9.17) is 39.5 Å². The number of hydrogen-bond acceptors (Lipinski definition) is 2. The van der Waals surface area contributed by atoms with Gasteiger partial charge in [-0.3, -0.25) is 4.79 Å². The molecule has 5 heteroatoms. The Morgan fingerprint density at radius 2 is 1.67 bits per heavy atom. The summed E-state index contributed by atoms with van der Waals surface area (Å²) in [6.07, 6.45) is 14.3. The predicted octanol–water partition coefficient (Wildman–Crippen LogP) is 11.3. The van der Waals surface area contributed by atoms with Crippen LogP contribution in [0.5, 0.6) is 0 Å². The highest BCUT2D eigenvalue weighted by Crippen LogP contribution is 2.72. The first-order valence-electron chi connectivity index (χ1n) is 15.3. The Hall–Kier alpha value is -0.440. The standard InChI is InChI=1S/C34H51Cl3O2/c1-21(2)10-9-11-22(3)23-14-18-34(8)25-12-13-27-31(4,5)28(39-29(38)20-26(35)30(36)37)16-17-32(27,6)24(25)15-19-33(23,34)7/h10,22-23,27-28H,9,11-20H2,1-8H3/t22-,23-,27+,28+,32-,33-,34+/m1/s1. The molecule has 4 aliphatic rings. The van der Waals surface area contributed by atoms with Crippen LogP contribution in [0.25, 0.3) is 0 Å². The molecule has 2 fully saturated rings. The summed E-state index contributed by atoms with van der Waals surface area (Å²) in [6, 6.07) is 0. The molecular weight excluding hydrogens is 547 g/mol. The zero-order valence-electron chi connectivity index (χ0n) is 25.6. The van der Waals surface area contributed by atoms with Crippen molar-refractivity contribution in [1.82, 2.24) is 0 Å². The van der Waals surface area contributed by atoms with E-state index < -0.39 is 0 Å². The van der Waals surface area contributed by atoms with Gasteiger partial charge in [-0.1, -0.05) is 99.1 Å². The first kappa shape index (κ1) is 31.5. The zero-order chi connectivity index (χ0) is 29.0. The monoisotopic (exact) mass is 596 g/mol. The number of halogens is 3. The molecule has 0 aromatic carbocycles. The second kappa shape index (κ2) is 11.3. The molecule has 2 saturated carbocycles. The van der Waals surface area contributed by atoms with Crippen LogP contribution in [0.1, 0.15) is 126 Å². The van der Waals surface area contributed by atoms with Crippen LogP contribution in [0.3, 0.4) is 0 Å². The van der Waals surface area contributed by atoms with Crippen molar-refractivity contribution in [3.8, 4) is 0 Å². The molecule has 0 unspecified atom stereocenters. The van der Waals surface area contributed by atoms with Gasteiger partial charge in [-0.15, -0.1) is 0 Å². The number of fused-ring (bicyclic) bond motifs is 4. The number of ether oxygens (including phenoxy) is 1. The Labute approximate surface area is 253 Å². The van der Waals surface area contributed by atoms with E-state index in [9.17, 15) is 4.79 Å². The Morgan fingerprint density at radius 1 is 0.974 bits per heavy atom. The van der Waals surface area contributed by atoms with E-state index in [1.807, 2.05) is 5.57 Å². The van der Waals surface area contributed by atoms with E-state index in [-0.39, 0.29) is 38.8 Å². The molecule has 0 saturated heterocycles. The molecule has 0 spiro atoms. The minimum Gasteiger partial charge on any atom is -0.462 e. The largest absolute Gasteiger partial charge is 0.462 e. The van der Waals surface area contributed by atoms with Crippen molar-refractivity contribution in [3.05, 3.63) is 32.3 Å². The summed E-state index contributed by atoms with van der Waals surface area (Å²) in [6.45, 7) is 19.4. The minimum atomic E-state index is -0.340. The molecule has 2 nitrogen and oxygen atoms in total. The molecule has 4 rings (SSSR count). The van der Waals surface area contributed by atoms with Gasteiger partial charge in [0.05, 0.1) is 11.5 Å². The number of allylic oxidation sites excluding steroid dienone is 4. The zero-order valence-corrected chi connectivity index (χ0v) is 27.9. The van der Waals surface area contributed by atoms with Gasteiger partial charge >= 0.3 is 5.97 Å². The number of carbonyl (C=O) groups excluding carboxylic acids is 1. The molecule has 0 aromatic heterocycles. The summed E-state index contributed by atoms with van der Waals surface area (Å²) in [5, 5.41) is 0.147. The van der Waals surface area contributed by atoms with Crippen molar-refractivity contribution in [1.29, 1.82) is 0 Å². The van der Waals surface area contributed by atoms with E-state index in [2.05, 4.69) is 61.5 Å². The van der Waals surface area contributed by atoms with Crippen LogP contribution in [0, 0.1) is 39.4 Å². The second-order valence-corrected chi connectivity index (χ2v) is 16.3. The number of rotatable bonds is 7. The van der Waals surface area contributed by atoms with E-state index in [0.717, 1.165) is 24.7 Å². The lowest BCUT2D eigenvalue weighted by molar-refractivity contribution is -0.168. The smallest absolute Gasteiger partial charge is 0.311 e. The van der Waals surface area contributed by atoms with Crippen LogP contribution in [0.15, 0.2) is 32.3 Å². The fourth-order valence-corrected chi connectivity index (χ4v) is 10.3. The summed E-state index contributed by atoms with van der Waals surface area (Å²) >= 11 is 17.6. The molecule has 39 heavy (non-hydrogen) atoms. The molecule has 0 radical (unpaired) electrons. The Kier molecular flexibility index (Phi) is 9.15. The van der Waals surface area contributed by atoms with Crippen LogP contribution in [-0.2, 0) is 9.53 Å². The second-order valence-electron chi connectivity index (χ2n) is 14.9.